The van der Waals surface area contributed by atoms with Gasteiger partial charge in [-0.3, -0.25) is 9.78 Å². The topological polar surface area (TPSA) is 63.5 Å². The number of likely N-dealkylation sites (N-methyl/N-ethyl adjacent to an activating group) is 1. The molecule has 0 saturated carbocycles. The molecule has 3 heterocycles. The van der Waals surface area contributed by atoms with Crippen molar-refractivity contribution < 1.29 is 9.53 Å². The zero-order valence-electron chi connectivity index (χ0n) is 15.1. The largest absolute Gasteiger partial charge is 0.375 e. The van der Waals surface area contributed by atoms with Crippen LogP contribution in [0.3, 0.4) is 0 Å². The monoisotopic (exact) mass is 343 g/mol. The number of aryl methyl sites for hydroxylation is 1. The number of nitrogens with zero attached hydrogens (tertiary/aromatic N) is 5. The molecule has 1 atom stereocenters. The summed E-state index contributed by atoms with van der Waals surface area (Å²) in [6.07, 6.45) is 6.10. The van der Waals surface area contributed by atoms with Crippen LogP contribution < -0.4 is 0 Å². The average Bonchev–Trinajstić information content (AvgIpc) is 2.95. The number of carbonyl (C=O) groups excluding carboxylic acids is 1. The van der Waals surface area contributed by atoms with Gasteiger partial charge in [0.25, 0.3) is 0 Å². The number of carbonyl (C=O) groups is 1. The Labute approximate surface area is 148 Å². The SMILES string of the molecule is CN(C)CC(=O)N1Cc2ncn(C)c2C[C@H]1COCc1ccncc1. The lowest BCUT2D eigenvalue weighted by atomic mass is 10.0. The van der Waals surface area contributed by atoms with E-state index in [1.807, 2.05) is 54.0 Å². The normalized spacial score (nSPS) is 17.0. The molecule has 0 bridgehead atoms. The highest BCUT2D eigenvalue weighted by Gasteiger charge is 2.32. The third kappa shape index (κ3) is 4.24. The van der Waals surface area contributed by atoms with Crippen molar-refractivity contribution in [1.82, 2.24) is 24.3 Å². The number of hydrogen-bond acceptors (Lipinski definition) is 5. The van der Waals surface area contributed by atoms with Crippen molar-refractivity contribution >= 4 is 5.91 Å². The van der Waals surface area contributed by atoms with Crippen LogP contribution in [0.15, 0.2) is 30.9 Å². The highest BCUT2D eigenvalue weighted by Crippen LogP contribution is 2.23. The fourth-order valence-corrected chi connectivity index (χ4v) is 3.12. The fourth-order valence-electron chi connectivity index (χ4n) is 3.12. The Morgan fingerprint density at radius 3 is 2.84 bits per heavy atom. The maximum atomic E-state index is 12.7. The van der Waals surface area contributed by atoms with E-state index < -0.39 is 0 Å². The molecule has 0 radical (unpaired) electrons. The quantitative estimate of drug-likeness (QED) is 0.778. The highest BCUT2D eigenvalue weighted by molar-refractivity contribution is 5.78. The van der Waals surface area contributed by atoms with Gasteiger partial charge in [-0.15, -0.1) is 0 Å². The molecule has 1 aliphatic rings. The summed E-state index contributed by atoms with van der Waals surface area (Å²) < 4.78 is 7.95. The molecule has 0 aliphatic carbocycles. The Balaban J connectivity index is 1.68. The summed E-state index contributed by atoms with van der Waals surface area (Å²) in [5, 5.41) is 0. The minimum atomic E-state index is 0.0252. The number of ether oxygens (including phenoxy) is 1. The van der Waals surface area contributed by atoms with E-state index in [0.29, 0.717) is 26.3 Å². The zero-order chi connectivity index (χ0) is 17.8. The Kier molecular flexibility index (Phi) is 5.45. The molecule has 0 saturated heterocycles. The Morgan fingerprint density at radius 2 is 2.12 bits per heavy atom. The third-order valence-electron chi connectivity index (χ3n) is 4.44. The lowest BCUT2D eigenvalue weighted by Crippen LogP contribution is -2.49. The summed E-state index contributed by atoms with van der Waals surface area (Å²) in [5.41, 5.74) is 3.25. The number of amides is 1. The second-order valence-electron chi connectivity index (χ2n) is 6.74. The van der Waals surface area contributed by atoms with Crippen LogP contribution in [0.2, 0.25) is 0 Å². The van der Waals surface area contributed by atoms with E-state index in [4.69, 9.17) is 4.74 Å². The molecule has 0 fully saturated rings. The molecular weight excluding hydrogens is 318 g/mol. The molecule has 2 aromatic rings. The van der Waals surface area contributed by atoms with E-state index in [9.17, 15) is 4.79 Å². The van der Waals surface area contributed by atoms with Crippen molar-refractivity contribution in [2.75, 3.05) is 27.2 Å². The van der Waals surface area contributed by atoms with Crippen molar-refractivity contribution in [3.8, 4) is 0 Å². The van der Waals surface area contributed by atoms with Crippen LogP contribution in [0.1, 0.15) is 17.0 Å². The maximum Gasteiger partial charge on any atom is 0.237 e. The van der Waals surface area contributed by atoms with Gasteiger partial charge in [-0.05, 0) is 31.8 Å². The van der Waals surface area contributed by atoms with E-state index in [2.05, 4.69) is 9.97 Å². The van der Waals surface area contributed by atoms with Crippen molar-refractivity contribution in [2.24, 2.45) is 7.05 Å². The molecule has 0 N–H and O–H groups in total. The minimum Gasteiger partial charge on any atom is -0.375 e. The first-order chi connectivity index (χ1) is 12.0. The number of fused-ring (bicyclic) bond motifs is 1. The van der Waals surface area contributed by atoms with Gasteiger partial charge in [-0.1, -0.05) is 0 Å². The molecule has 2 aromatic heterocycles. The first kappa shape index (κ1) is 17.6. The van der Waals surface area contributed by atoms with E-state index in [0.717, 1.165) is 17.7 Å². The molecule has 0 spiro atoms. The number of hydrogen-bond donors (Lipinski definition) is 0. The second kappa shape index (κ2) is 7.76. The number of aromatic nitrogens is 3. The third-order valence-corrected chi connectivity index (χ3v) is 4.44. The number of rotatable bonds is 6. The van der Waals surface area contributed by atoms with Gasteiger partial charge in [-0.2, -0.15) is 0 Å². The average molecular weight is 343 g/mol. The summed E-state index contributed by atoms with van der Waals surface area (Å²) >= 11 is 0. The van der Waals surface area contributed by atoms with E-state index in [1.165, 1.54) is 5.69 Å². The van der Waals surface area contributed by atoms with Gasteiger partial charge in [0.05, 0.1) is 44.4 Å². The lowest BCUT2D eigenvalue weighted by molar-refractivity contribution is -0.137. The van der Waals surface area contributed by atoms with Gasteiger partial charge in [0.15, 0.2) is 0 Å². The van der Waals surface area contributed by atoms with Gasteiger partial charge in [-0.25, -0.2) is 4.98 Å². The van der Waals surface area contributed by atoms with Crippen LogP contribution in [-0.4, -0.2) is 63.5 Å². The van der Waals surface area contributed by atoms with Crippen molar-refractivity contribution in [3.63, 3.8) is 0 Å². The number of pyridine rings is 1. The van der Waals surface area contributed by atoms with Gasteiger partial charge >= 0.3 is 0 Å². The summed E-state index contributed by atoms with van der Waals surface area (Å²) in [7, 11) is 5.81. The van der Waals surface area contributed by atoms with Crippen LogP contribution in [0.4, 0.5) is 0 Å². The molecular formula is C18H25N5O2. The molecule has 25 heavy (non-hydrogen) atoms. The summed E-state index contributed by atoms with van der Waals surface area (Å²) in [5.74, 6) is 0.110. The molecule has 7 nitrogen and oxygen atoms in total. The summed E-state index contributed by atoms with van der Waals surface area (Å²) in [4.78, 5) is 24.9. The van der Waals surface area contributed by atoms with E-state index in [-0.39, 0.29) is 11.9 Å². The molecule has 1 amide bonds. The highest BCUT2D eigenvalue weighted by atomic mass is 16.5. The lowest BCUT2D eigenvalue weighted by Gasteiger charge is -2.36. The number of imidazole rings is 1. The predicted octanol–water partition coefficient (Wildman–Crippen LogP) is 0.847. The molecule has 0 aromatic carbocycles. The molecule has 134 valence electrons. The first-order valence-corrected chi connectivity index (χ1v) is 8.44. The minimum absolute atomic E-state index is 0.0252. The Bertz CT molecular complexity index is 714. The maximum absolute atomic E-state index is 12.7. The standard InChI is InChI=1S/C18H25N5O2/c1-21(2)10-18(24)23-9-16-17(22(3)13-20-16)8-15(23)12-25-11-14-4-6-19-7-5-14/h4-7,13,15H,8-12H2,1-3H3/t15-/m0/s1. The van der Waals surface area contributed by atoms with E-state index in [1.54, 1.807) is 12.4 Å². The van der Waals surface area contributed by atoms with Crippen molar-refractivity contribution in [3.05, 3.63) is 47.8 Å². The van der Waals surface area contributed by atoms with Gasteiger partial charge in [0.1, 0.15) is 0 Å². The van der Waals surface area contributed by atoms with Crippen LogP contribution in [-0.2, 0) is 36.2 Å². The predicted molar refractivity (Wildman–Crippen MR) is 93.7 cm³/mol. The second-order valence-corrected chi connectivity index (χ2v) is 6.74. The van der Waals surface area contributed by atoms with Crippen LogP contribution in [0.25, 0.3) is 0 Å². The Hall–Kier alpha value is -2.25. The van der Waals surface area contributed by atoms with Crippen LogP contribution in [0, 0.1) is 0 Å². The van der Waals surface area contributed by atoms with Crippen LogP contribution in [0.5, 0.6) is 0 Å². The molecule has 3 rings (SSSR count). The van der Waals surface area contributed by atoms with E-state index >= 15 is 0 Å². The van der Waals surface area contributed by atoms with Gasteiger partial charge in [0.2, 0.25) is 5.91 Å². The fraction of sp³-hybridized carbons (Fsp3) is 0.500. The van der Waals surface area contributed by atoms with Gasteiger partial charge < -0.3 is 19.1 Å². The van der Waals surface area contributed by atoms with Crippen molar-refractivity contribution in [1.29, 1.82) is 0 Å². The zero-order valence-corrected chi connectivity index (χ0v) is 15.1. The van der Waals surface area contributed by atoms with Crippen molar-refractivity contribution in [2.45, 2.75) is 25.6 Å². The summed E-state index contributed by atoms with van der Waals surface area (Å²) in [6.45, 7) is 1.97. The molecule has 7 heteroatoms. The smallest absolute Gasteiger partial charge is 0.237 e. The first-order valence-electron chi connectivity index (χ1n) is 8.44. The molecule has 0 unspecified atom stereocenters. The van der Waals surface area contributed by atoms with Crippen LogP contribution >= 0.6 is 0 Å². The summed E-state index contributed by atoms with van der Waals surface area (Å²) in [6, 6.07) is 3.90. The van der Waals surface area contributed by atoms with Gasteiger partial charge in [0, 0.05) is 31.6 Å². The molecule has 1 aliphatic heterocycles. The Morgan fingerprint density at radius 1 is 1.36 bits per heavy atom.